The van der Waals surface area contributed by atoms with Gasteiger partial charge in [0.25, 0.3) is 5.56 Å². The third kappa shape index (κ3) is 6.18. The second kappa shape index (κ2) is 11.2. The summed E-state index contributed by atoms with van der Waals surface area (Å²) < 4.78 is 66.4. The van der Waals surface area contributed by atoms with Crippen molar-refractivity contribution < 1.29 is 31.6 Å². The molecule has 3 aromatic rings. The first-order valence-electron chi connectivity index (χ1n) is 12.6. The largest absolute Gasteiger partial charge is 0.386 e. The molecule has 41 heavy (non-hydrogen) atoms. The first-order valence-corrected chi connectivity index (χ1v) is 18.0. The zero-order chi connectivity index (χ0) is 28.9. The maximum atomic E-state index is 15.6. The van der Waals surface area contributed by atoms with Crippen LogP contribution in [0.4, 0.5) is 16.2 Å². The Morgan fingerprint density at radius 2 is 1.93 bits per heavy atom. The van der Waals surface area contributed by atoms with Crippen LogP contribution < -0.4 is 16.6 Å². The van der Waals surface area contributed by atoms with Gasteiger partial charge in [0.1, 0.15) is 24.4 Å². The number of halogens is 1. The number of thiol groups is 2. The van der Waals surface area contributed by atoms with Crippen LogP contribution in [0.3, 0.4) is 0 Å². The molecule has 222 valence electrons. The van der Waals surface area contributed by atoms with Gasteiger partial charge in [-0.05, 0) is 31.2 Å². The number of H-pyrrole nitrogens is 1. The van der Waals surface area contributed by atoms with E-state index < -0.39 is 55.5 Å². The van der Waals surface area contributed by atoms with Crippen molar-refractivity contribution in [2.24, 2.45) is 11.8 Å². The van der Waals surface area contributed by atoms with E-state index in [9.17, 15) is 13.9 Å². The summed E-state index contributed by atoms with van der Waals surface area (Å²) in [5.74, 6) is -0.791. The van der Waals surface area contributed by atoms with Gasteiger partial charge in [-0.15, -0.1) is 5.10 Å². The number of aromatic nitrogens is 7. The number of nitrogen functional groups attached to an aromatic ring is 1. The van der Waals surface area contributed by atoms with Gasteiger partial charge in [0.05, 0.1) is 31.4 Å². The zero-order valence-corrected chi connectivity index (χ0v) is 24.7. The molecule has 0 spiro atoms. The molecule has 3 fully saturated rings. The van der Waals surface area contributed by atoms with Crippen LogP contribution in [0.25, 0.3) is 11.2 Å². The number of alkyl halides is 1. The minimum atomic E-state index is -4.06. The molecule has 1 saturated heterocycles. The van der Waals surface area contributed by atoms with Crippen molar-refractivity contribution in [2.75, 3.05) is 24.3 Å². The molecule has 0 radical (unpaired) electrons. The van der Waals surface area contributed by atoms with Crippen LogP contribution in [-0.2, 0) is 27.2 Å². The molecule has 2 bridgehead atoms. The van der Waals surface area contributed by atoms with Crippen molar-refractivity contribution in [2.45, 2.75) is 49.7 Å². The van der Waals surface area contributed by atoms with Gasteiger partial charge in [0.2, 0.25) is 5.95 Å². The predicted octanol–water partition coefficient (Wildman–Crippen LogP) is 2.57. The zero-order valence-electron chi connectivity index (χ0n) is 21.1. The fourth-order valence-corrected chi connectivity index (χ4v) is 8.68. The highest BCUT2D eigenvalue weighted by Gasteiger charge is 2.50. The Labute approximate surface area is 242 Å². The van der Waals surface area contributed by atoms with Crippen LogP contribution in [0, 0.1) is 11.8 Å². The number of nitrogens with zero attached hydrogens (tertiary/aromatic N) is 6. The summed E-state index contributed by atoms with van der Waals surface area (Å²) in [6, 6.07) is 0.144. The van der Waals surface area contributed by atoms with Crippen molar-refractivity contribution in [3.05, 3.63) is 28.9 Å². The van der Waals surface area contributed by atoms with Gasteiger partial charge in [-0.25, -0.2) is 28.2 Å². The molecule has 2 saturated carbocycles. The highest BCUT2D eigenvalue weighted by molar-refractivity contribution is 8.44. The van der Waals surface area contributed by atoms with Crippen LogP contribution in [0.5, 0.6) is 0 Å². The second-order valence-electron chi connectivity index (χ2n) is 10.1. The summed E-state index contributed by atoms with van der Waals surface area (Å²) in [7, 11) is 0. The quantitative estimate of drug-likeness (QED) is 0.204. The number of hydrogen-bond donors (Lipinski definition) is 5. The number of fused-ring (bicyclic) bond motifs is 4. The Hall–Kier alpha value is -2.11. The fourth-order valence-electron chi connectivity index (χ4n) is 5.53. The van der Waals surface area contributed by atoms with E-state index >= 15 is 4.39 Å². The molecule has 0 aromatic carbocycles. The summed E-state index contributed by atoms with van der Waals surface area (Å²) in [5.41, 5.74) is 5.22. The molecule has 9 atom stereocenters. The lowest BCUT2D eigenvalue weighted by molar-refractivity contribution is 0.0512. The summed E-state index contributed by atoms with van der Waals surface area (Å²) >= 11 is 8.29. The van der Waals surface area contributed by atoms with E-state index in [2.05, 4.69) is 60.1 Å². The van der Waals surface area contributed by atoms with Gasteiger partial charge < -0.3 is 20.1 Å². The first-order chi connectivity index (χ1) is 19.5. The maximum absolute atomic E-state index is 15.6. The van der Waals surface area contributed by atoms with Crippen molar-refractivity contribution in [1.29, 1.82) is 0 Å². The number of aromatic amines is 1. The number of nitrogens with two attached hydrogens (primary N) is 1. The highest BCUT2D eigenvalue weighted by atomic mass is 32.7. The molecule has 3 aliphatic rings. The smallest absolute Gasteiger partial charge is 0.369 e. The summed E-state index contributed by atoms with van der Waals surface area (Å²) in [5, 5.41) is 11.0. The average molecular weight is 650 g/mol. The summed E-state index contributed by atoms with van der Waals surface area (Å²) in [4.78, 5) is 26.7. The average Bonchev–Trinajstić information content (AvgIpc) is 3.58. The minimum Gasteiger partial charge on any atom is -0.369 e. The molecule has 21 heteroatoms. The van der Waals surface area contributed by atoms with Crippen LogP contribution in [0.2, 0.25) is 0 Å². The predicted molar refractivity (Wildman–Crippen MR) is 149 cm³/mol. The lowest BCUT2D eigenvalue weighted by Crippen LogP contribution is -2.33. The Balaban J connectivity index is 1.27. The molecular weight excluding hydrogens is 623 g/mol. The van der Waals surface area contributed by atoms with E-state index in [0.717, 1.165) is 0 Å². The molecule has 0 amide bonds. The van der Waals surface area contributed by atoms with Gasteiger partial charge in [0, 0.05) is 12.1 Å². The van der Waals surface area contributed by atoms with Gasteiger partial charge in [0.15, 0.2) is 11.2 Å². The molecule has 1 aliphatic heterocycles. The minimum absolute atomic E-state index is 0.0381. The normalized spacial score (nSPS) is 38.1. The Morgan fingerprint density at radius 1 is 1.15 bits per heavy atom. The molecule has 6 rings (SSSR count). The standard InChI is InChI=1S/C20H26FN9O7P2S2/c21-15-11(25-14-1-2-23-8-24-14)5-10-7-35-38(32,40)36-13-4-9(6-34-39(33,41)37-17(10)15)3-12(13)30-18-16(28-29-30)19(31)27-20(22)26-18/h1-2,8-13,15,17H,3-7H2,(H,32,40)(H,33,41)(H,23,24,25)(H3,22,26,27,31)/t9-,10+,11+,12+,13+,15-,17+,38+,39-/m0/s1. The molecular formula is C20H26FN9O7P2S2. The molecule has 4 N–H and O–H groups in total. The van der Waals surface area contributed by atoms with Crippen LogP contribution >= 0.6 is 38.1 Å². The Morgan fingerprint density at radius 3 is 2.71 bits per heavy atom. The number of hydrogen-bond acceptors (Lipinski definition) is 14. The van der Waals surface area contributed by atoms with E-state index in [0.29, 0.717) is 12.2 Å². The number of anilines is 2. The molecule has 2 aliphatic carbocycles. The lowest BCUT2D eigenvalue weighted by Gasteiger charge is -2.26. The Bertz CT molecular complexity index is 1590. The van der Waals surface area contributed by atoms with Crippen molar-refractivity contribution in [3.63, 3.8) is 0 Å². The second-order valence-corrected chi connectivity index (χ2v) is 15.8. The van der Waals surface area contributed by atoms with E-state index in [-0.39, 0.29) is 49.1 Å². The van der Waals surface area contributed by atoms with E-state index in [1.54, 1.807) is 6.07 Å². The molecule has 16 nitrogen and oxygen atoms in total. The summed E-state index contributed by atoms with van der Waals surface area (Å²) in [6.07, 6.45) is -0.183. The summed E-state index contributed by atoms with van der Waals surface area (Å²) in [6.45, 7) is -8.48. The van der Waals surface area contributed by atoms with Gasteiger partial charge >= 0.3 is 13.6 Å². The topological polar surface area (TPSA) is 211 Å². The fraction of sp³-hybridized carbons (Fsp3) is 0.600. The molecule has 0 unspecified atom stereocenters. The SMILES string of the molecule is Nc1nc2c(nnn2[C@@H]2C[C@@H]3CO[P@](=O)(S)O[C@@H]4[C@@H](CO[P@@](=O)(S)O[C@@H]2C3)C[C@@H](Nc2ccncn2)[C@@H]4F)c(=O)[nH]1. The van der Waals surface area contributed by atoms with Crippen molar-refractivity contribution in [3.8, 4) is 0 Å². The Kier molecular flexibility index (Phi) is 7.91. The first kappa shape index (κ1) is 29.0. The monoisotopic (exact) mass is 649 g/mol. The molecule has 3 aromatic heterocycles. The van der Waals surface area contributed by atoms with Crippen LogP contribution in [0.1, 0.15) is 25.3 Å². The highest BCUT2D eigenvalue weighted by Crippen LogP contribution is 2.61. The van der Waals surface area contributed by atoms with E-state index in [4.69, 9.17) is 23.8 Å². The van der Waals surface area contributed by atoms with Crippen LogP contribution in [-0.4, -0.2) is 72.6 Å². The maximum Gasteiger partial charge on any atom is 0.386 e. The van der Waals surface area contributed by atoms with E-state index in [1.807, 2.05) is 0 Å². The third-order valence-electron chi connectivity index (χ3n) is 7.32. The number of nitrogens with one attached hydrogen (secondary N) is 2. The third-order valence-corrected chi connectivity index (χ3v) is 10.6. The van der Waals surface area contributed by atoms with Gasteiger partial charge in [-0.3, -0.25) is 18.8 Å². The number of rotatable bonds is 3. The van der Waals surface area contributed by atoms with Crippen molar-refractivity contribution >= 4 is 61.0 Å². The molecule has 4 heterocycles. The van der Waals surface area contributed by atoms with E-state index in [1.165, 1.54) is 17.2 Å². The van der Waals surface area contributed by atoms with Gasteiger partial charge in [-0.2, -0.15) is 4.98 Å². The van der Waals surface area contributed by atoms with Gasteiger partial charge in [-0.1, -0.05) is 29.7 Å². The van der Waals surface area contributed by atoms with Crippen LogP contribution in [0.15, 0.2) is 23.4 Å². The van der Waals surface area contributed by atoms with Crippen molar-refractivity contribution in [1.82, 2.24) is 34.9 Å². The lowest BCUT2D eigenvalue weighted by atomic mass is 10.1.